The van der Waals surface area contributed by atoms with E-state index >= 15 is 0 Å². The van der Waals surface area contributed by atoms with E-state index in [9.17, 15) is 27.9 Å². The Morgan fingerprint density at radius 3 is 2.50 bits per heavy atom. The van der Waals surface area contributed by atoms with Gasteiger partial charge in [-0.25, -0.2) is 0 Å². The lowest BCUT2D eigenvalue weighted by Gasteiger charge is -2.34. The molecule has 1 aromatic heterocycles. The van der Waals surface area contributed by atoms with Crippen molar-refractivity contribution in [3.05, 3.63) is 89.2 Å². The van der Waals surface area contributed by atoms with Gasteiger partial charge in [-0.15, -0.1) is 0 Å². The van der Waals surface area contributed by atoms with Crippen molar-refractivity contribution in [2.75, 3.05) is 32.1 Å². The molecule has 8 nitrogen and oxygen atoms in total. The molecule has 2 aromatic carbocycles. The molecular formula is C31H35F3N4O4. The highest BCUT2D eigenvalue weighted by atomic mass is 19.4. The number of aliphatic hydroxyl groups excluding tert-OH is 1. The van der Waals surface area contributed by atoms with Crippen LogP contribution in [-0.2, 0) is 23.9 Å². The van der Waals surface area contributed by atoms with Crippen molar-refractivity contribution in [1.82, 2.24) is 14.8 Å². The largest absolute Gasteiger partial charge is 0.488 e. The molecule has 0 saturated carbocycles. The Labute approximate surface area is 243 Å². The molecule has 2 amide bonds. The average molecular weight is 585 g/mol. The molecular weight excluding hydrogens is 549 g/mol. The molecule has 4 rings (SSSR count). The second-order valence-electron chi connectivity index (χ2n) is 10.8. The van der Waals surface area contributed by atoms with Gasteiger partial charge in [-0.3, -0.25) is 19.5 Å². The average Bonchev–Trinajstić information content (AvgIpc) is 3.00. The Hall–Kier alpha value is -3.96. The van der Waals surface area contributed by atoms with Crippen LogP contribution in [-0.4, -0.2) is 70.6 Å². The van der Waals surface area contributed by atoms with Gasteiger partial charge in [0.2, 0.25) is 5.91 Å². The van der Waals surface area contributed by atoms with Crippen LogP contribution >= 0.6 is 0 Å². The topological polar surface area (TPSA) is 95.0 Å². The molecule has 224 valence electrons. The fourth-order valence-electron chi connectivity index (χ4n) is 4.91. The molecule has 1 aliphatic heterocycles. The summed E-state index contributed by atoms with van der Waals surface area (Å²) in [6, 6.07) is 13.0. The number of aliphatic hydroxyl groups is 1. The van der Waals surface area contributed by atoms with Gasteiger partial charge in [0.15, 0.2) is 0 Å². The third-order valence-corrected chi connectivity index (χ3v) is 7.34. The maximum atomic E-state index is 13.4. The Morgan fingerprint density at radius 1 is 1.17 bits per heavy atom. The third kappa shape index (κ3) is 7.86. The first kappa shape index (κ1) is 31.0. The van der Waals surface area contributed by atoms with Crippen molar-refractivity contribution in [1.29, 1.82) is 0 Å². The maximum Gasteiger partial charge on any atom is 0.416 e. The number of ether oxygens (including phenoxy) is 1. The zero-order valence-electron chi connectivity index (χ0n) is 23.8. The van der Waals surface area contributed by atoms with Crippen molar-refractivity contribution in [2.24, 2.45) is 5.92 Å². The second-order valence-corrected chi connectivity index (χ2v) is 10.8. The Bertz CT molecular complexity index is 1370. The van der Waals surface area contributed by atoms with Crippen LogP contribution in [0.15, 0.2) is 67.0 Å². The summed E-state index contributed by atoms with van der Waals surface area (Å²) in [6.07, 6.45) is -1.72. The third-order valence-electron chi connectivity index (χ3n) is 7.34. The molecule has 0 fully saturated rings. The van der Waals surface area contributed by atoms with Crippen LogP contribution in [0, 0.1) is 5.92 Å². The van der Waals surface area contributed by atoms with Crippen LogP contribution in [0.1, 0.15) is 40.9 Å². The predicted molar refractivity (Wildman–Crippen MR) is 152 cm³/mol. The standard InChI is InChI=1S/C31H35F3N4O4/c1-20-16-38(21(2)19-39)29(40)15-24-14-26(36-30(41)23-10-12-35-13-11-23)8-9-27(24)42-28(20)18-37(3)17-22-4-6-25(7-5-22)31(32,33)34/h4-14,20-21,28,39H,15-19H2,1-3H3,(H,36,41)/t20-,21+,28+/m0/s1. The number of anilines is 1. The minimum Gasteiger partial charge on any atom is -0.488 e. The van der Waals surface area contributed by atoms with Crippen molar-refractivity contribution in [2.45, 2.75) is 45.1 Å². The Morgan fingerprint density at radius 2 is 1.86 bits per heavy atom. The van der Waals surface area contributed by atoms with Gasteiger partial charge in [-0.1, -0.05) is 19.1 Å². The van der Waals surface area contributed by atoms with E-state index < -0.39 is 17.8 Å². The SMILES string of the molecule is C[C@H](CO)N1C[C@H](C)[C@@H](CN(C)Cc2ccc(C(F)(F)F)cc2)Oc2ccc(NC(=O)c3ccncc3)cc2CC1=O. The normalized spacial score (nSPS) is 18.4. The fraction of sp³-hybridized carbons (Fsp3) is 0.387. The molecule has 0 radical (unpaired) electrons. The van der Waals surface area contributed by atoms with Crippen LogP contribution in [0.5, 0.6) is 5.75 Å². The molecule has 42 heavy (non-hydrogen) atoms. The van der Waals surface area contributed by atoms with E-state index in [-0.39, 0.29) is 36.9 Å². The monoisotopic (exact) mass is 584 g/mol. The first-order chi connectivity index (χ1) is 19.9. The van der Waals surface area contributed by atoms with Gasteiger partial charge in [-0.05, 0) is 62.0 Å². The van der Waals surface area contributed by atoms with E-state index in [1.807, 2.05) is 18.9 Å². The summed E-state index contributed by atoms with van der Waals surface area (Å²) in [6.45, 7) is 4.72. The van der Waals surface area contributed by atoms with Crippen LogP contribution in [0.4, 0.5) is 18.9 Å². The fourth-order valence-corrected chi connectivity index (χ4v) is 4.91. The van der Waals surface area contributed by atoms with Gasteiger partial charge >= 0.3 is 6.18 Å². The van der Waals surface area contributed by atoms with Crippen LogP contribution in [0.3, 0.4) is 0 Å². The van der Waals surface area contributed by atoms with Gasteiger partial charge in [0.25, 0.3) is 5.91 Å². The minimum absolute atomic E-state index is 0.0134. The minimum atomic E-state index is -4.39. The summed E-state index contributed by atoms with van der Waals surface area (Å²) in [7, 11) is 1.86. The van der Waals surface area contributed by atoms with Gasteiger partial charge in [0.05, 0.1) is 24.6 Å². The molecule has 0 aliphatic carbocycles. The molecule has 2 N–H and O–H groups in total. The second kappa shape index (κ2) is 13.3. The zero-order chi connectivity index (χ0) is 30.4. The number of hydrogen-bond donors (Lipinski definition) is 2. The molecule has 0 spiro atoms. The van der Waals surface area contributed by atoms with E-state index in [1.54, 1.807) is 42.2 Å². The number of rotatable bonds is 8. The summed E-state index contributed by atoms with van der Waals surface area (Å²) in [4.78, 5) is 33.7. The highest BCUT2D eigenvalue weighted by molar-refractivity contribution is 6.04. The number of nitrogens with zero attached hydrogens (tertiary/aromatic N) is 3. The zero-order valence-corrected chi connectivity index (χ0v) is 23.8. The number of fused-ring (bicyclic) bond motifs is 1. The van der Waals surface area contributed by atoms with E-state index in [2.05, 4.69) is 10.3 Å². The van der Waals surface area contributed by atoms with Gasteiger partial charge in [-0.2, -0.15) is 13.2 Å². The number of alkyl halides is 3. The molecule has 1 aliphatic rings. The number of benzene rings is 2. The van der Waals surface area contributed by atoms with Crippen molar-refractivity contribution < 1.29 is 32.6 Å². The van der Waals surface area contributed by atoms with Gasteiger partial charge < -0.3 is 20.1 Å². The number of pyridine rings is 1. The Kier molecular flexibility index (Phi) is 9.85. The number of aromatic nitrogens is 1. The lowest BCUT2D eigenvalue weighted by atomic mass is 10.0. The van der Waals surface area contributed by atoms with Crippen LogP contribution in [0.2, 0.25) is 0 Å². The van der Waals surface area contributed by atoms with Crippen molar-refractivity contribution >= 4 is 17.5 Å². The molecule has 0 saturated heterocycles. The molecule has 0 unspecified atom stereocenters. The molecule has 0 bridgehead atoms. The first-order valence-electron chi connectivity index (χ1n) is 13.7. The molecule has 3 aromatic rings. The summed E-state index contributed by atoms with van der Waals surface area (Å²) in [5.41, 5.74) is 1.55. The summed E-state index contributed by atoms with van der Waals surface area (Å²) >= 11 is 0. The van der Waals surface area contributed by atoms with Crippen molar-refractivity contribution in [3.8, 4) is 5.75 Å². The van der Waals surface area contributed by atoms with Gasteiger partial charge in [0.1, 0.15) is 11.9 Å². The van der Waals surface area contributed by atoms with E-state index in [0.29, 0.717) is 42.2 Å². The quantitative estimate of drug-likeness (QED) is 0.401. The van der Waals surface area contributed by atoms with E-state index in [0.717, 1.165) is 17.7 Å². The molecule has 2 heterocycles. The summed E-state index contributed by atoms with van der Waals surface area (Å²) in [5, 5.41) is 12.7. The number of halogens is 3. The highest BCUT2D eigenvalue weighted by Crippen LogP contribution is 2.31. The first-order valence-corrected chi connectivity index (χ1v) is 13.7. The Balaban J connectivity index is 1.57. The van der Waals surface area contributed by atoms with Crippen LogP contribution < -0.4 is 10.1 Å². The van der Waals surface area contributed by atoms with Gasteiger partial charge in [0, 0.05) is 54.8 Å². The van der Waals surface area contributed by atoms with E-state index in [1.165, 1.54) is 24.5 Å². The van der Waals surface area contributed by atoms with E-state index in [4.69, 9.17) is 4.74 Å². The molecule has 3 atom stereocenters. The number of carbonyl (C=O) groups excluding carboxylic acids is 2. The lowest BCUT2D eigenvalue weighted by molar-refractivity contribution is -0.137. The van der Waals surface area contributed by atoms with Crippen LogP contribution in [0.25, 0.3) is 0 Å². The number of carbonyl (C=O) groups is 2. The smallest absolute Gasteiger partial charge is 0.416 e. The number of likely N-dealkylation sites (N-methyl/N-ethyl adjacent to an activating group) is 1. The summed E-state index contributed by atoms with van der Waals surface area (Å²) in [5.74, 6) is -0.136. The molecule has 11 heteroatoms. The summed E-state index contributed by atoms with van der Waals surface area (Å²) < 4.78 is 45.4. The predicted octanol–water partition coefficient (Wildman–Crippen LogP) is 4.63. The lowest BCUT2D eigenvalue weighted by Crippen LogP contribution is -2.47. The number of hydrogen-bond acceptors (Lipinski definition) is 6. The number of nitrogens with one attached hydrogen (secondary N) is 1. The number of amides is 2. The van der Waals surface area contributed by atoms with Crippen molar-refractivity contribution in [3.63, 3.8) is 0 Å². The highest BCUT2D eigenvalue weighted by Gasteiger charge is 2.32. The maximum absolute atomic E-state index is 13.4.